The number of hydrogen-bond acceptors (Lipinski definition) is 3. The third-order valence-electron chi connectivity index (χ3n) is 2.55. The summed E-state index contributed by atoms with van der Waals surface area (Å²) in [6, 6.07) is 5.56. The Morgan fingerprint density at radius 2 is 2.22 bits per heavy atom. The highest BCUT2D eigenvalue weighted by atomic mass is 16.5. The summed E-state index contributed by atoms with van der Waals surface area (Å²) in [6.45, 7) is 6.24. The molecule has 1 amide bonds. The summed E-state index contributed by atoms with van der Waals surface area (Å²) < 4.78 is 5.47. The molecule has 0 heterocycles. The zero-order valence-electron chi connectivity index (χ0n) is 11.2. The lowest BCUT2D eigenvalue weighted by Crippen LogP contribution is -2.29. The molecule has 4 heteroatoms. The van der Waals surface area contributed by atoms with Gasteiger partial charge < -0.3 is 15.2 Å². The fraction of sp³-hybridized carbons (Fsp3) is 0.500. The summed E-state index contributed by atoms with van der Waals surface area (Å²) in [5.41, 5.74) is 1.73. The third kappa shape index (κ3) is 4.37. The smallest absolute Gasteiger partial charge is 0.257 e. The van der Waals surface area contributed by atoms with Gasteiger partial charge in [-0.25, -0.2) is 0 Å². The number of amides is 1. The fourth-order valence-corrected chi connectivity index (χ4v) is 1.57. The lowest BCUT2D eigenvalue weighted by atomic mass is 10.1. The summed E-state index contributed by atoms with van der Waals surface area (Å²) in [4.78, 5) is 11.4. The molecule has 0 aliphatic rings. The molecule has 0 bridgehead atoms. The predicted molar refractivity (Wildman–Crippen MR) is 70.6 cm³/mol. The van der Waals surface area contributed by atoms with Gasteiger partial charge >= 0.3 is 0 Å². The summed E-state index contributed by atoms with van der Waals surface area (Å²) in [6.07, 6.45) is 0.286. The van der Waals surface area contributed by atoms with Crippen LogP contribution in [0.5, 0.6) is 5.75 Å². The minimum absolute atomic E-state index is 0.0246. The largest absolute Gasteiger partial charge is 0.483 e. The zero-order valence-corrected chi connectivity index (χ0v) is 11.2. The van der Waals surface area contributed by atoms with E-state index < -0.39 is 6.10 Å². The van der Waals surface area contributed by atoms with Gasteiger partial charge in [0.25, 0.3) is 5.91 Å². The average molecular weight is 251 g/mol. The number of nitrogens with one attached hydrogen (secondary N) is 1. The topological polar surface area (TPSA) is 58.6 Å². The maximum Gasteiger partial charge on any atom is 0.257 e. The number of aliphatic hydroxyl groups is 1. The van der Waals surface area contributed by atoms with Crippen LogP contribution >= 0.6 is 0 Å². The SMILES string of the molecule is CCCNC(=O)COc1cc(C)ccc1[C@@H](C)O. The summed E-state index contributed by atoms with van der Waals surface area (Å²) in [5, 5.41) is 12.4. The van der Waals surface area contributed by atoms with Crippen LogP contribution in [-0.4, -0.2) is 24.2 Å². The number of carbonyl (C=O) groups is 1. The van der Waals surface area contributed by atoms with E-state index >= 15 is 0 Å². The van der Waals surface area contributed by atoms with Gasteiger partial charge in [0.05, 0.1) is 6.10 Å². The Labute approximate surface area is 108 Å². The van der Waals surface area contributed by atoms with Gasteiger partial charge in [0.1, 0.15) is 5.75 Å². The maximum absolute atomic E-state index is 11.4. The van der Waals surface area contributed by atoms with Crippen LogP contribution in [-0.2, 0) is 4.79 Å². The second-order valence-electron chi connectivity index (χ2n) is 4.36. The van der Waals surface area contributed by atoms with E-state index in [1.807, 2.05) is 32.0 Å². The molecule has 0 radical (unpaired) electrons. The van der Waals surface area contributed by atoms with E-state index in [9.17, 15) is 9.90 Å². The summed E-state index contributed by atoms with van der Waals surface area (Å²) >= 11 is 0. The molecule has 0 fully saturated rings. The molecule has 0 saturated carbocycles. The van der Waals surface area contributed by atoms with Crippen molar-refractivity contribution in [3.63, 3.8) is 0 Å². The van der Waals surface area contributed by atoms with Crippen molar-refractivity contribution in [3.8, 4) is 5.75 Å². The molecule has 100 valence electrons. The Bertz CT molecular complexity index is 402. The first-order valence-electron chi connectivity index (χ1n) is 6.22. The normalized spacial score (nSPS) is 12.0. The fourth-order valence-electron chi connectivity index (χ4n) is 1.57. The molecule has 0 aliphatic heterocycles. The van der Waals surface area contributed by atoms with Gasteiger partial charge in [-0.2, -0.15) is 0 Å². The predicted octanol–water partition coefficient (Wildman–Crippen LogP) is 1.95. The monoisotopic (exact) mass is 251 g/mol. The van der Waals surface area contributed by atoms with Gasteiger partial charge in [-0.05, 0) is 31.9 Å². The molecule has 1 atom stereocenters. The van der Waals surface area contributed by atoms with Gasteiger partial charge in [-0.3, -0.25) is 4.79 Å². The molecule has 18 heavy (non-hydrogen) atoms. The number of aliphatic hydroxyl groups excluding tert-OH is 1. The highest BCUT2D eigenvalue weighted by molar-refractivity contribution is 5.77. The van der Waals surface area contributed by atoms with E-state index in [0.717, 1.165) is 12.0 Å². The standard InChI is InChI=1S/C14H21NO3/c1-4-7-15-14(17)9-18-13-8-10(2)5-6-12(13)11(3)16/h5-6,8,11,16H,4,7,9H2,1-3H3,(H,15,17)/t11-/m1/s1. The number of benzene rings is 1. The van der Waals surface area contributed by atoms with Crippen LogP contribution in [0.1, 0.15) is 37.5 Å². The molecule has 0 aromatic heterocycles. The van der Waals surface area contributed by atoms with E-state index in [4.69, 9.17) is 4.74 Å². The molecule has 0 spiro atoms. The Kier molecular flexibility index (Phi) is 5.65. The van der Waals surface area contributed by atoms with Crippen LogP contribution in [0.3, 0.4) is 0 Å². The Morgan fingerprint density at radius 1 is 1.50 bits per heavy atom. The van der Waals surface area contributed by atoms with Crippen LogP contribution < -0.4 is 10.1 Å². The molecule has 1 aromatic carbocycles. The van der Waals surface area contributed by atoms with Gasteiger partial charge in [-0.15, -0.1) is 0 Å². The Hall–Kier alpha value is -1.55. The van der Waals surface area contributed by atoms with Crippen LogP contribution in [0.15, 0.2) is 18.2 Å². The molecule has 0 unspecified atom stereocenters. The van der Waals surface area contributed by atoms with E-state index in [1.165, 1.54) is 0 Å². The van der Waals surface area contributed by atoms with E-state index in [0.29, 0.717) is 17.9 Å². The zero-order chi connectivity index (χ0) is 13.5. The van der Waals surface area contributed by atoms with Crippen molar-refractivity contribution in [2.75, 3.05) is 13.2 Å². The van der Waals surface area contributed by atoms with E-state index in [-0.39, 0.29) is 12.5 Å². The van der Waals surface area contributed by atoms with Crippen molar-refractivity contribution in [2.45, 2.75) is 33.3 Å². The van der Waals surface area contributed by atoms with Gasteiger partial charge in [0.2, 0.25) is 0 Å². The molecule has 2 N–H and O–H groups in total. The van der Waals surface area contributed by atoms with Crippen molar-refractivity contribution in [1.29, 1.82) is 0 Å². The Balaban J connectivity index is 2.65. The van der Waals surface area contributed by atoms with E-state index in [2.05, 4.69) is 5.32 Å². The van der Waals surface area contributed by atoms with Gasteiger partial charge in [0, 0.05) is 12.1 Å². The molecular formula is C14H21NO3. The quantitative estimate of drug-likeness (QED) is 0.812. The minimum Gasteiger partial charge on any atom is -0.483 e. The second kappa shape index (κ2) is 7.01. The first kappa shape index (κ1) is 14.5. The second-order valence-corrected chi connectivity index (χ2v) is 4.36. The molecule has 1 aromatic rings. The van der Waals surface area contributed by atoms with Crippen LogP contribution in [0.25, 0.3) is 0 Å². The van der Waals surface area contributed by atoms with Gasteiger partial charge in [-0.1, -0.05) is 19.1 Å². The first-order valence-corrected chi connectivity index (χ1v) is 6.22. The number of carbonyl (C=O) groups excluding carboxylic acids is 1. The highest BCUT2D eigenvalue weighted by Gasteiger charge is 2.10. The number of hydrogen-bond donors (Lipinski definition) is 2. The lowest BCUT2D eigenvalue weighted by molar-refractivity contribution is -0.123. The van der Waals surface area contributed by atoms with Crippen LogP contribution in [0, 0.1) is 6.92 Å². The molecular weight excluding hydrogens is 230 g/mol. The van der Waals surface area contributed by atoms with Crippen molar-refractivity contribution >= 4 is 5.91 Å². The van der Waals surface area contributed by atoms with E-state index in [1.54, 1.807) is 6.92 Å². The van der Waals surface area contributed by atoms with Gasteiger partial charge in [0.15, 0.2) is 6.61 Å². The number of rotatable bonds is 6. The minimum atomic E-state index is -0.612. The van der Waals surface area contributed by atoms with Crippen molar-refractivity contribution in [3.05, 3.63) is 29.3 Å². The molecule has 1 rings (SSSR count). The lowest BCUT2D eigenvalue weighted by Gasteiger charge is -2.14. The first-order chi connectivity index (χ1) is 8.54. The number of aryl methyl sites for hydroxylation is 1. The highest BCUT2D eigenvalue weighted by Crippen LogP contribution is 2.26. The molecule has 4 nitrogen and oxygen atoms in total. The molecule has 0 aliphatic carbocycles. The molecule has 0 saturated heterocycles. The summed E-state index contributed by atoms with van der Waals surface area (Å²) in [7, 11) is 0. The third-order valence-corrected chi connectivity index (χ3v) is 2.55. The number of ether oxygens (including phenoxy) is 1. The van der Waals surface area contributed by atoms with Crippen LogP contribution in [0.4, 0.5) is 0 Å². The van der Waals surface area contributed by atoms with Crippen LogP contribution in [0.2, 0.25) is 0 Å². The maximum atomic E-state index is 11.4. The Morgan fingerprint density at radius 3 is 2.83 bits per heavy atom. The van der Waals surface area contributed by atoms with Crippen molar-refractivity contribution in [2.24, 2.45) is 0 Å². The average Bonchev–Trinajstić information content (AvgIpc) is 2.33. The van der Waals surface area contributed by atoms with Crippen molar-refractivity contribution < 1.29 is 14.6 Å². The summed E-state index contributed by atoms with van der Waals surface area (Å²) in [5.74, 6) is 0.423. The van der Waals surface area contributed by atoms with Crippen molar-refractivity contribution in [1.82, 2.24) is 5.32 Å².